The van der Waals surface area contributed by atoms with Crippen molar-refractivity contribution in [3.63, 3.8) is 0 Å². The first-order valence-corrected chi connectivity index (χ1v) is 12.6. The Balaban J connectivity index is 1.56. The lowest BCUT2D eigenvalue weighted by atomic mass is 10.1. The van der Waals surface area contributed by atoms with Gasteiger partial charge in [0.1, 0.15) is 10.6 Å². The summed E-state index contributed by atoms with van der Waals surface area (Å²) >= 11 is 1.76. The van der Waals surface area contributed by atoms with Gasteiger partial charge in [-0.3, -0.25) is 4.98 Å². The van der Waals surface area contributed by atoms with Gasteiger partial charge in [-0.05, 0) is 49.8 Å². The highest BCUT2D eigenvalue weighted by Gasteiger charge is 2.28. The van der Waals surface area contributed by atoms with Crippen LogP contribution in [0.4, 0.5) is 5.82 Å². The van der Waals surface area contributed by atoms with Gasteiger partial charge in [-0.1, -0.05) is 0 Å². The second-order valence-electron chi connectivity index (χ2n) is 7.78. The number of hydrogen-bond acceptors (Lipinski definition) is 7. The van der Waals surface area contributed by atoms with Crippen LogP contribution in [0.15, 0.2) is 24.5 Å². The molecule has 0 bridgehead atoms. The smallest absolute Gasteiger partial charge is 0.211 e. The molecular formula is C20H23N5O2S2. The van der Waals surface area contributed by atoms with Crippen LogP contribution in [0.25, 0.3) is 21.6 Å². The molecule has 7 nitrogen and oxygen atoms in total. The molecule has 0 aromatic carbocycles. The Morgan fingerprint density at radius 1 is 1.24 bits per heavy atom. The molecule has 1 atom stereocenters. The molecule has 152 valence electrons. The van der Waals surface area contributed by atoms with E-state index < -0.39 is 10.0 Å². The molecule has 1 fully saturated rings. The average Bonchev–Trinajstić information content (AvgIpc) is 3.29. The molecule has 3 aromatic heterocycles. The van der Waals surface area contributed by atoms with Crippen molar-refractivity contribution in [3.05, 3.63) is 35.0 Å². The summed E-state index contributed by atoms with van der Waals surface area (Å²) in [7, 11) is -3.19. The Labute approximate surface area is 174 Å². The van der Waals surface area contributed by atoms with Crippen molar-refractivity contribution in [3.8, 4) is 11.4 Å². The fraction of sp³-hybridized carbons (Fsp3) is 0.450. The number of thiophene rings is 1. The highest BCUT2D eigenvalue weighted by atomic mass is 32.2. The van der Waals surface area contributed by atoms with Gasteiger partial charge in [0.2, 0.25) is 10.0 Å². The molecule has 0 radical (unpaired) electrons. The number of rotatable bonds is 4. The Morgan fingerprint density at radius 3 is 2.93 bits per heavy atom. The summed E-state index contributed by atoms with van der Waals surface area (Å²) in [4.78, 5) is 16.3. The summed E-state index contributed by atoms with van der Waals surface area (Å²) in [5.41, 5.74) is 2.24. The van der Waals surface area contributed by atoms with E-state index in [0.29, 0.717) is 18.9 Å². The van der Waals surface area contributed by atoms with E-state index in [-0.39, 0.29) is 6.04 Å². The first-order valence-electron chi connectivity index (χ1n) is 9.93. The molecule has 2 aliphatic rings. The quantitative estimate of drug-likeness (QED) is 0.686. The molecule has 0 spiro atoms. The minimum absolute atomic E-state index is 0.0373. The highest BCUT2D eigenvalue weighted by Crippen LogP contribution is 2.40. The third kappa shape index (κ3) is 3.62. The number of aryl methyl sites for hydroxylation is 2. The largest absolute Gasteiger partial charge is 0.365 e. The van der Waals surface area contributed by atoms with Crippen molar-refractivity contribution in [1.82, 2.24) is 19.3 Å². The van der Waals surface area contributed by atoms with Gasteiger partial charge in [-0.25, -0.2) is 22.7 Å². The summed E-state index contributed by atoms with van der Waals surface area (Å²) in [6.45, 7) is 1.06. The van der Waals surface area contributed by atoms with Gasteiger partial charge in [-0.15, -0.1) is 11.3 Å². The van der Waals surface area contributed by atoms with E-state index in [0.717, 1.165) is 47.3 Å². The maximum Gasteiger partial charge on any atom is 0.211 e. The van der Waals surface area contributed by atoms with Crippen LogP contribution in [-0.2, 0) is 22.9 Å². The SMILES string of the molecule is CS(=O)(=O)N1CCCC(Nc2nc(-c3cccnc3)nc3sc4c(c23)CCC4)C1. The Hall–Kier alpha value is -2.10. The monoisotopic (exact) mass is 429 g/mol. The summed E-state index contributed by atoms with van der Waals surface area (Å²) in [6.07, 6.45) is 9.89. The van der Waals surface area contributed by atoms with E-state index in [1.165, 1.54) is 23.1 Å². The fourth-order valence-corrected chi connectivity index (χ4v) is 6.45. The van der Waals surface area contributed by atoms with Crippen LogP contribution in [0.2, 0.25) is 0 Å². The van der Waals surface area contributed by atoms with E-state index in [9.17, 15) is 8.42 Å². The lowest BCUT2D eigenvalue weighted by Crippen LogP contribution is -2.44. The minimum atomic E-state index is -3.19. The van der Waals surface area contributed by atoms with Crippen molar-refractivity contribution in [2.45, 2.75) is 38.1 Å². The molecule has 4 heterocycles. The molecule has 1 aliphatic heterocycles. The van der Waals surface area contributed by atoms with E-state index in [4.69, 9.17) is 9.97 Å². The number of nitrogens with zero attached hydrogens (tertiary/aromatic N) is 4. The molecule has 1 N–H and O–H groups in total. The number of sulfonamides is 1. The van der Waals surface area contributed by atoms with Crippen LogP contribution in [0.5, 0.6) is 0 Å². The van der Waals surface area contributed by atoms with E-state index in [1.54, 1.807) is 28.0 Å². The van der Waals surface area contributed by atoms with Gasteiger partial charge in [0, 0.05) is 42.0 Å². The van der Waals surface area contributed by atoms with E-state index >= 15 is 0 Å². The van der Waals surface area contributed by atoms with Crippen molar-refractivity contribution in [1.29, 1.82) is 0 Å². The lowest BCUT2D eigenvalue weighted by molar-refractivity contribution is 0.329. The van der Waals surface area contributed by atoms with Gasteiger partial charge >= 0.3 is 0 Å². The first-order chi connectivity index (χ1) is 14.0. The van der Waals surface area contributed by atoms with Gasteiger partial charge in [0.15, 0.2) is 5.82 Å². The van der Waals surface area contributed by atoms with Crippen molar-refractivity contribution in [2.24, 2.45) is 0 Å². The maximum absolute atomic E-state index is 12.0. The average molecular weight is 430 g/mol. The Morgan fingerprint density at radius 2 is 2.14 bits per heavy atom. The molecule has 3 aromatic rings. The summed E-state index contributed by atoms with van der Waals surface area (Å²) < 4.78 is 25.6. The van der Waals surface area contributed by atoms with Crippen LogP contribution in [0.3, 0.4) is 0 Å². The van der Waals surface area contributed by atoms with Gasteiger partial charge < -0.3 is 5.32 Å². The zero-order valence-corrected chi connectivity index (χ0v) is 17.9. The number of aromatic nitrogens is 3. The fourth-order valence-electron chi connectivity index (χ4n) is 4.28. The second kappa shape index (κ2) is 7.30. The molecule has 5 rings (SSSR count). The third-order valence-electron chi connectivity index (χ3n) is 5.68. The second-order valence-corrected chi connectivity index (χ2v) is 10.8. The zero-order chi connectivity index (χ0) is 20.0. The Kier molecular flexibility index (Phi) is 4.76. The number of fused-ring (bicyclic) bond motifs is 3. The van der Waals surface area contributed by atoms with Gasteiger partial charge in [-0.2, -0.15) is 0 Å². The molecule has 0 saturated carbocycles. The molecule has 1 aliphatic carbocycles. The van der Waals surface area contributed by atoms with Crippen LogP contribution in [0.1, 0.15) is 29.7 Å². The van der Waals surface area contributed by atoms with Gasteiger partial charge in [0.05, 0.1) is 11.6 Å². The topological polar surface area (TPSA) is 88.1 Å². The van der Waals surface area contributed by atoms with Crippen molar-refractivity contribution in [2.75, 3.05) is 24.7 Å². The summed E-state index contributed by atoms with van der Waals surface area (Å²) in [5, 5.41) is 4.70. The Bertz CT molecular complexity index is 1160. The van der Waals surface area contributed by atoms with Crippen LogP contribution in [-0.4, -0.2) is 53.1 Å². The third-order valence-corrected chi connectivity index (χ3v) is 8.13. The molecule has 9 heteroatoms. The van der Waals surface area contributed by atoms with Crippen LogP contribution < -0.4 is 5.32 Å². The van der Waals surface area contributed by atoms with E-state index in [2.05, 4.69) is 10.3 Å². The molecule has 0 amide bonds. The number of anilines is 1. The van der Waals surface area contributed by atoms with Crippen LogP contribution >= 0.6 is 11.3 Å². The standard InChI is InChI=1S/C20H23N5O2S2/c1-29(26,27)25-10-4-6-14(12-25)22-19-17-15-7-2-8-16(15)28-20(17)24-18(23-19)13-5-3-9-21-11-13/h3,5,9,11,14H,2,4,6-8,10,12H2,1H3,(H,22,23,24). The number of piperidine rings is 1. The normalized spacial score (nSPS) is 20.1. The van der Waals surface area contributed by atoms with E-state index in [1.807, 2.05) is 12.1 Å². The molecular weight excluding hydrogens is 406 g/mol. The number of nitrogens with one attached hydrogen (secondary N) is 1. The lowest BCUT2D eigenvalue weighted by Gasteiger charge is -2.31. The molecule has 1 unspecified atom stereocenters. The summed E-state index contributed by atoms with van der Waals surface area (Å²) in [5.74, 6) is 1.48. The van der Waals surface area contributed by atoms with Crippen molar-refractivity contribution >= 4 is 37.4 Å². The van der Waals surface area contributed by atoms with Crippen LogP contribution in [0, 0.1) is 0 Å². The molecule has 29 heavy (non-hydrogen) atoms. The number of hydrogen-bond donors (Lipinski definition) is 1. The minimum Gasteiger partial charge on any atom is -0.365 e. The summed E-state index contributed by atoms with van der Waals surface area (Å²) in [6, 6.07) is 3.89. The van der Waals surface area contributed by atoms with Crippen molar-refractivity contribution < 1.29 is 8.42 Å². The predicted molar refractivity (Wildman–Crippen MR) is 116 cm³/mol. The zero-order valence-electron chi connectivity index (χ0n) is 16.3. The molecule has 1 saturated heterocycles. The van der Waals surface area contributed by atoms with Gasteiger partial charge in [0.25, 0.3) is 0 Å². The highest BCUT2D eigenvalue weighted by molar-refractivity contribution is 7.88. The number of pyridine rings is 1. The maximum atomic E-state index is 12.0. The predicted octanol–water partition coefficient (Wildman–Crippen LogP) is 3.08. The first kappa shape index (κ1) is 18.9.